The summed E-state index contributed by atoms with van der Waals surface area (Å²) >= 11 is 0. The van der Waals surface area contributed by atoms with Gasteiger partial charge in [-0.3, -0.25) is 0 Å². The molecule has 0 spiro atoms. The minimum atomic E-state index is 0. The first-order valence-corrected chi connectivity index (χ1v) is 10.5. The maximum atomic E-state index is 5.59. The van der Waals surface area contributed by atoms with E-state index in [1.807, 2.05) is 30.3 Å². The molecule has 7 heteroatoms. The molecular formula is C22H34IN5O. The molecule has 0 saturated carbocycles. The summed E-state index contributed by atoms with van der Waals surface area (Å²) in [5.74, 6) is 2.31. The standard InChI is InChI=1S/C22H33N5O.HI/c1-3-23-22(24-12-8-14-27-13-7-9-18(2)16-27)25-15-20-17-28-21(26-20)19-10-5-4-6-11-19;/h4-6,10-11,17-18H,3,7-9,12-16H2,1-2H3,(H2,23,24,25);1H. The van der Waals surface area contributed by atoms with Gasteiger partial charge in [0.15, 0.2) is 5.96 Å². The second-order valence-electron chi connectivity index (χ2n) is 7.53. The summed E-state index contributed by atoms with van der Waals surface area (Å²) in [7, 11) is 0. The van der Waals surface area contributed by atoms with E-state index in [9.17, 15) is 0 Å². The fraction of sp³-hybridized carbons (Fsp3) is 0.545. The number of oxazole rings is 1. The number of halogens is 1. The lowest BCUT2D eigenvalue weighted by Crippen LogP contribution is -2.40. The maximum Gasteiger partial charge on any atom is 0.226 e. The Bertz CT molecular complexity index is 734. The van der Waals surface area contributed by atoms with Gasteiger partial charge in [0.1, 0.15) is 12.0 Å². The van der Waals surface area contributed by atoms with E-state index in [4.69, 9.17) is 4.42 Å². The third-order valence-electron chi connectivity index (χ3n) is 5.00. The molecule has 1 atom stereocenters. The second-order valence-corrected chi connectivity index (χ2v) is 7.53. The smallest absolute Gasteiger partial charge is 0.226 e. The fourth-order valence-corrected chi connectivity index (χ4v) is 3.59. The van der Waals surface area contributed by atoms with Crippen molar-refractivity contribution in [2.24, 2.45) is 10.9 Å². The Labute approximate surface area is 191 Å². The first-order valence-electron chi connectivity index (χ1n) is 10.5. The minimum absolute atomic E-state index is 0. The Kier molecular flexibility index (Phi) is 10.5. The summed E-state index contributed by atoms with van der Waals surface area (Å²) in [5, 5.41) is 6.74. The Morgan fingerprint density at radius 1 is 1.28 bits per heavy atom. The van der Waals surface area contributed by atoms with Gasteiger partial charge in [-0.05, 0) is 57.3 Å². The molecule has 1 fully saturated rings. The predicted molar refractivity (Wildman–Crippen MR) is 130 cm³/mol. The van der Waals surface area contributed by atoms with Gasteiger partial charge in [0, 0.05) is 25.2 Å². The van der Waals surface area contributed by atoms with Crippen molar-refractivity contribution in [3.05, 3.63) is 42.3 Å². The number of nitrogens with zero attached hydrogens (tertiary/aromatic N) is 3. The number of guanidine groups is 1. The van der Waals surface area contributed by atoms with Gasteiger partial charge < -0.3 is 20.0 Å². The molecule has 2 N–H and O–H groups in total. The Morgan fingerprint density at radius 2 is 2.10 bits per heavy atom. The van der Waals surface area contributed by atoms with E-state index in [0.717, 1.165) is 49.2 Å². The highest BCUT2D eigenvalue weighted by atomic mass is 127. The maximum absolute atomic E-state index is 5.59. The van der Waals surface area contributed by atoms with Crippen molar-refractivity contribution in [3.63, 3.8) is 0 Å². The molecule has 1 aromatic heterocycles. The van der Waals surface area contributed by atoms with Crippen LogP contribution in [0, 0.1) is 5.92 Å². The topological polar surface area (TPSA) is 65.7 Å². The summed E-state index contributed by atoms with van der Waals surface area (Å²) in [5.41, 5.74) is 1.81. The molecule has 1 unspecified atom stereocenters. The third kappa shape index (κ3) is 7.97. The van der Waals surface area contributed by atoms with Gasteiger partial charge in [-0.25, -0.2) is 9.98 Å². The first kappa shape index (κ1) is 23.7. The molecule has 160 valence electrons. The van der Waals surface area contributed by atoms with Crippen molar-refractivity contribution in [1.29, 1.82) is 0 Å². The van der Waals surface area contributed by atoms with Crippen LogP contribution in [0.25, 0.3) is 11.5 Å². The summed E-state index contributed by atoms with van der Waals surface area (Å²) in [4.78, 5) is 11.8. The molecule has 0 bridgehead atoms. The monoisotopic (exact) mass is 511 g/mol. The zero-order valence-corrected chi connectivity index (χ0v) is 19.9. The Hall–Kier alpha value is -1.61. The normalized spacial score (nSPS) is 17.6. The largest absolute Gasteiger partial charge is 0.444 e. The molecule has 1 aromatic carbocycles. The number of likely N-dealkylation sites (tertiary alicyclic amines) is 1. The van der Waals surface area contributed by atoms with E-state index in [1.54, 1.807) is 6.26 Å². The van der Waals surface area contributed by atoms with Gasteiger partial charge in [0.2, 0.25) is 5.89 Å². The molecule has 0 amide bonds. The van der Waals surface area contributed by atoms with Crippen LogP contribution in [0.5, 0.6) is 0 Å². The van der Waals surface area contributed by atoms with E-state index < -0.39 is 0 Å². The Morgan fingerprint density at radius 3 is 2.86 bits per heavy atom. The quantitative estimate of drug-likeness (QED) is 0.242. The van der Waals surface area contributed by atoms with Crippen molar-refractivity contribution in [3.8, 4) is 11.5 Å². The SMILES string of the molecule is CCNC(=NCc1coc(-c2ccccc2)n1)NCCCN1CCCC(C)C1.I. The van der Waals surface area contributed by atoms with Gasteiger partial charge in [-0.15, -0.1) is 24.0 Å². The zero-order valence-electron chi connectivity index (χ0n) is 17.6. The summed E-state index contributed by atoms with van der Waals surface area (Å²) in [6.07, 6.45) is 5.52. The average Bonchev–Trinajstić information content (AvgIpc) is 3.19. The highest BCUT2D eigenvalue weighted by molar-refractivity contribution is 14.0. The van der Waals surface area contributed by atoms with Crippen LogP contribution in [0.15, 0.2) is 46.0 Å². The second kappa shape index (κ2) is 12.8. The highest BCUT2D eigenvalue weighted by Gasteiger charge is 2.15. The summed E-state index contributed by atoms with van der Waals surface area (Å²) < 4.78 is 5.59. The van der Waals surface area contributed by atoms with Crippen LogP contribution in [0.4, 0.5) is 0 Å². The van der Waals surface area contributed by atoms with E-state index in [2.05, 4.69) is 39.4 Å². The van der Waals surface area contributed by atoms with Gasteiger partial charge in [0.25, 0.3) is 0 Å². The molecule has 1 aliphatic rings. The number of benzene rings is 1. The molecule has 1 saturated heterocycles. The van der Waals surface area contributed by atoms with E-state index in [-0.39, 0.29) is 24.0 Å². The van der Waals surface area contributed by atoms with Crippen molar-refractivity contribution < 1.29 is 4.42 Å². The van der Waals surface area contributed by atoms with Crippen LogP contribution in [0.2, 0.25) is 0 Å². The number of aromatic nitrogens is 1. The molecular weight excluding hydrogens is 477 g/mol. The van der Waals surface area contributed by atoms with E-state index in [1.165, 1.54) is 25.9 Å². The lowest BCUT2D eigenvalue weighted by molar-refractivity contribution is 0.182. The number of aliphatic imine (C=N–C) groups is 1. The van der Waals surface area contributed by atoms with Crippen molar-refractivity contribution in [2.45, 2.75) is 39.7 Å². The lowest BCUT2D eigenvalue weighted by atomic mass is 10.0. The number of hydrogen-bond acceptors (Lipinski definition) is 4. The molecule has 2 heterocycles. The predicted octanol–water partition coefficient (Wildman–Crippen LogP) is 4.14. The van der Waals surface area contributed by atoms with Crippen molar-refractivity contribution in [1.82, 2.24) is 20.5 Å². The van der Waals surface area contributed by atoms with Crippen LogP contribution in [-0.2, 0) is 6.54 Å². The molecule has 29 heavy (non-hydrogen) atoms. The molecule has 0 aliphatic carbocycles. The number of hydrogen-bond donors (Lipinski definition) is 2. The first-order chi connectivity index (χ1) is 13.7. The highest BCUT2D eigenvalue weighted by Crippen LogP contribution is 2.18. The molecule has 3 rings (SSSR count). The van der Waals surface area contributed by atoms with Crippen LogP contribution < -0.4 is 10.6 Å². The average molecular weight is 511 g/mol. The lowest BCUT2D eigenvalue weighted by Gasteiger charge is -2.30. The molecule has 6 nitrogen and oxygen atoms in total. The third-order valence-corrected chi connectivity index (χ3v) is 5.00. The van der Waals surface area contributed by atoms with E-state index in [0.29, 0.717) is 12.4 Å². The minimum Gasteiger partial charge on any atom is -0.444 e. The number of piperidine rings is 1. The van der Waals surface area contributed by atoms with Crippen LogP contribution in [-0.4, -0.2) is 48.6 Å². The number of nitrogens with one attached hydrogen (secondary N) is 2. The molecule has 0 radical (unpaired) electrons. The van der Waals surface area contributed by atoms with Crippen LogP contribution >= 0.6 is 24.0 Å². The van der Waals surface area contributed by atoms with Crippen molar-refractivity contribution >= 4 is 29.9 Å². The van der Waals surface area contributed by atoms with Gasteiger partial charge in [-0.1, -0.05) is 25.1 Å². The fourth-order valence-electron chi connectivity index (χ4n) is 3.59. The van der Waals surface area contributed by atoms with Crippen LogP contribution in [0.1, 0.15) is 38.8 Å². The summed E-state index contributed by atoms with van der Waals surface area (Å²) in [6, 6.07) is 9.93. The Balaban J connectivity index is 0.00000300. The van der Waals surface area contributed by atoms with Gasteiger partial charge in [-0.2, -0.15) is 0 Å². The zero-order chi connectivity index (χ0) is 19.6. The van der Waals surface area contributed by atoms with E-state index >= 15 is 0 Å². The van der Waals surface area contributed by atoms with Crippen molar-refractivity contribution in [2.75, 3.05) is 32.7 Å². The number of rotatable bonds is 8. The summed E-state index contributed by atoms with van der Waals surface area (Å²) in [6.45, 7) is 10.3. The molecule has 1 aliphatic heterocycles. The van der Waals surface area contributed by atoms with Gasteiger partial charge in [0.05, 0.1) is 6.54 Å². The van der Waals surface area contributed by atoms with Gasteiger partial charge >= 0.3 is 0 Å². The molecule has 2 aromatic rings. The van der Waals surface area contributed by atoms with Crippen LogP contribution in [0.3, 0.4) is 0 Å².